The first-order valence-corrected chi connectivity index (χ1v) is 12.8. The van der Waals surface area contributed by atoms with Crippen LogP contribution < -0.4 is 0 Å². The van der Waals surface area contributed by atoms with Crippen LogP contribution >= 0.6 is 0 Å². The van der Waals surface area contributed by atoms with Gasteiger partial charge in [-0.25, -0.2) is 0 Å². The summed E-state index contributed by atoms with van der Waals surface area (Å²) in [4.78, 5) is 13.8. The van der Waals surface area contributed by atoms with E-state index in [2.05, 4.69) is 47.4 Å². The molecule has 0 amide bonds. The summed E-state index contributed by atoms with van der Waals surface area (Å²) in [7, 11) is 0. The topological polar surface area (TPSA) is 59.0 Å². The Balaban J connectivity index is 1.33. The summed E-state index contributed by atoms with van der Waals surface area (Å²) in [6.45, 7) is 3.90. The lowest BCUT2D eigenvalue weighted by molar-refractivity contribution is -0.163. The third-order valence-corrected chi connectivity index (χ3v) is 6.69. The van der Waals surface area contributed by atoms with E-state index in [0.717, 1.165) is 70.5 Å². The van der Waals surface area contributed by atoms with Crippen molar-refractivity contribution in [2.75, 3.05) is 32.9 Å². The van der Waals surface area contributed by atoms with Crippen molar-refractivity contribution in [3.05, 3.63) is 82.9 Å². The van der Waals surface area contributed by atoms with Gasteiger partial charge in [0.05, 0.1) is 6.61 Å². The lowest BCUT2D eigenvalue weighted by Crippen LogP contribution is -2.28. The number of ketones is 1. The highest BCUT2D eigenvalue weighted by Gasteiger charge is 2.16. The van der Waals surface area contributed by atoms with Crippen molar-refractivity contribution in [2.45, 2.75) is 51.4 Å². The molecule has 4 rings (SSSR count). The smallest absolute Gasteiger partial charge is 0.181 e. The van der Waals surface area contributed by atoms with Gasteiger partial charge in [0.1, 0.15) is 6.61 Å². The minimum absolute atomic E-state index is 0.0318. The minimum Gasteiger partial charge on any atom is -0.388 e. The molecule has 1 heterocycles. The van der Waals surface area contributed by atoms with Crippen LogP contribution in [-0.2, 0) is 27.2 Å². The molecule has 0 saturated carbocycles. The Labute approximate surface area is 209 Å². The summed E-state index contributed by atoms with van der Waals surface area (Å²) in [5.41, 5.74) is 6.48. The number of rotatable bonds is 13. The molecule has 1 fully saturated rings. The molecule has 1 atom stereocenters. The number of benzene rings is 2. The Morgan fingerprint density at radius 1 is 1.11 bits per heavy atom. The zero-order valence-electron chi connectivity index (χ0n) is 20.5. The van der Waals surface area contributed by atoms with Crippen LogP contribution in [0.5, 0.6) is 0 Å². The molecule has 0 bridgehead atoms. The number of carbonyl (C=O) groups excluding carboxylic acids is 1. The predicted octanol–water partition coefficient (Wildman–Crippen LogP) is 5.03. The second-order valence-electron chi connectivity index (χ2n) is 9.34. The van der Waals surface area contributed by atoms with Crippen molar-refractivity contribution < 1.29 is 19.4 Å². The number of hydrogen-bond donors (Lipinski definition) is 1. The molecule has 0 aromatic heterocycles. The van der Waals surface area contributed by atoms with Crippen LogP contribution in [0.25, 0.3) is 11.6 Å². The van der Waals surface area contributed by atoms with Gasteiger partial charge in [-0.2, -0.15) is 0 Å². The summed E-state index contributed by atoms with van der Waals surface area (Å²) >= 11 is 0. The fourth-order valence-electron chi connectivity index (χ4n) is 4.72. The van der Waals surface area contributed by atoms with Crippen molar-refractivity contribution in [3.63, 3.8) is 0 Å². The molecule has 2 aromatic carbocycles. The molecule has 1 aliphatic carbocycles. The quantitative estimate of drug-likeness (QED) is 0.325. The van der Waals surface area contributed by atoms with E-state index in [1.165, 1.54) is 34.8 Å². The highest BCUT2D eigenvalue weighted by Crippen LogP contribution is 2.29. The molecular formula is C30H37NO4. The molecular weight excluding hydrogens is 438 g/mol. The Hall–Kier alpha value is -2.57. The normalized spacial score (nSPS) is 17.7. The lowest BCUT2D eigenvalue weighted by Gasteiger charge is -2.25. The van der Waals surface area contributed by atoms with Crippen LogP contribution in [0.4, 0.5) is 0 Å². The van der Waals surface area contributed by atoms with Gasteiger partial charge in [0.25, 0.3) is 0 Å². The second-order valence-corrected chi connectivity index (χ2v) is 9.34. The number of hydrogen-bond acceptors (Lipinski definition) is 5. The highest BCUT2D eigenvalue weighted by atomic mass is 16.7. The van der Waals surface area contributed by atoms with E-state index in [1.807, 2.05) is 12.1 Å². The van der Waals surface area contributed by atoms with Gasteiger partial charge in [-0.15, -0.1) is 0 Å². The number of allylic oxidation sites excluding steroid dienone is 1. The molecule has 0 radical (unpaired) electrons. The van der Waals surface area contributed by atoms with E-state index in [4.69, 9.17) is 14.6 Å². The van der Waals surface area contributed by atoms with Gasteiger partial charge in [-0.3, -0.25) is 9.69 Å². The van der Waals surface area contributed by atoms with Gasteiger partial charge in [-0.1, -0.05) is 60.7 Å². The number of carbonyl (C=O) groups is 1. The van der Waals surface area contributed by atoms with Gasteiger partial charge in [-0.05, 0) is 72.4 Å². The number of aliphatic hydroxyl groups is 1. The van der Waals surface area contributed by atoms with Crippen molar-refractivity contribution in [3.8, 4) is 0 Å². The summed E-state index contributed by atoms with van der Waals surface area (Å²) in [5, 5.41) is 8.88. The molecule has 2 aliphatic rings. The zero-order valence-corrected chi connectivity index (χ0v) is 20.5. The van der Waals surface area contributed by atoms with Crippen molar-refractivity contribution in [1.82, 2.24) is 4.90 Å². The van der Waals surface area contributed by atoms with Crippen molar-refractivity contribution in [2.24, 2.45) is 0 Å². The van der Waals surface area contributed by atoms with E-state index in [-0.39, 0.29) is 12.1 Å². The minimum atomic E-state index is -0.457. The van der Waals surface area contributed by atoms with Crippen LogP contribution in [0.3, 0.4) is 0 Å². The first kappa shape index (κ1) is 25.5. The van der Waals surface area contributed by atoms with E-state index in [1.54, 1.807) is 6.08 Å². The number of aliphatic hydroxyl groups excluding tert-OH is 1. The SMILES string of the molecule is O=C(/C=C/c1ccc(CN(CCCOC2CCCCO2)CCC2=CCc3ccccc32)cc1)CO. The number of nitrogens with zero attached hydrogens (tertiary/aromatic N) is 1. The Morgan fingerprint density at radius 2 is 1.97 bits per heavy atom. The maximum atomic E-state index is 11.3. The number of ether oxygens (including phenoxy) is 2. The van der Waals surface area contributed by atoms with Crippen LogP contribution in [0.15, 0.2) is 60.7 Å². The molecule has 1 unspecified atom stereocenters. The van der Waals surface area contributed by atoms with Gasteiger partial charge >= 0.3 is 0 Å². The summed E-state index contributed by atoms with van der Waals surface area (Å²) in [6.07, 6.45) is 11.9. The van der Waals surface area contributed by atoms with Gasteiger partial charge in [0.15, 0.2) is 12.1 Å². The molecule has 1 N–H and O–H groups in total. The third-order valence-electron chi connectivity index (χ3n) is 6.69. The first-order chi connectivity index (χ1) is 17.2. The monoisotopic (exact) mass is 475 g/mol. The standard InChI is InChI=1S/C30H37NO4/c32-23-28(33)16-13-24-9-11-25(12-10-24)22-31(18-5-21-35-30-8-3-4-20-34-30)19-17-27-15-14-26-6-1-2-7-29(26)27/h1-2,6-7,9-13,15-16,30,32H,3-5,8,14,17-23H2/b16-13+. The van der Waals surface area contributed by atoms with E-state index >= 15 is 0 Å². The summed E-state index contributed by atoms with van der Waals surface area (Å²) < 4.78 is 11.7. The Bertz CT molecular complexity index is 1010. The Morgan fingerprint density at radius 3 is 2.77 bits per heavy atom. The van der Waals surface area contributed by atoms with Gasteiger partial charge in [0, 0.05) is 26.2 Å². The molecule has 35 heavy (non-hydrogen) atoms. The summed E-state index contributed by atoms with van der Waals surface area (Å²) in [5.74, 6) is -0.288. The predicted molar refractivity (Wildman–Crippen MR) is 140 cm³/mol. The van der Waals surface area contributed by atoms with E-state index in [0.29, 0.717) is 0 Å². The van der Waals surface area contributed by atoms with Gasteiger partial charge < -0.3 is 14.6 Å². The highest BCUT2D eigenvalue weighted by molar-refractivity contribution is 5.94. The first-order valence-electron chi connectivity index (χ1n) is 12.8. The summed E-state index contributed by atoms with van der Waals surface area (Å²) in [6, 6.07) is 17.0. The average molecular weight is 476 g/mol. The number of fused-ring (bicyclic) bond motifs is 1. The van der Waals surface area contributed by atoms with Crippen LogP contribution in [-0.4, -0.2) is 55.0 Å². The second kappa shape index (κ2) is 13.5. The third kappa shape index (κ3) is 7.97. The molecule has 1 aliphatic heterocycles. The lowest BCUT2D eigenvalue weighted by atomic mass is 10.0. The molecule has 1 saturated heterocycles. The van der Waals surface area contributed by atoms with Crippen molar-refractivity contribution in [1.29, 1.82) is 0 Å². The average Bonchev–Trinajstić information content (AvgIpc) is 3.32. The largest absolute Gasteiger partial charge is 0.388 e. The van der Waals surface area contributed by atoms with Crippen molar-refractivity contribution >= 4 is 17.4 Å². The van der Waals surface area contributed by atoms with Gasteiger partial charge in [0.2, 0.25) is 0 Å². The molecule has 186 valence electrons. The van der Waals surface area contributed by atoms with E-state index < -0.39 is 6.61 Å². The maximum absolute atomic E-state index is 11.3. The molecule has 5 heteroatoms. The molecule has 5 nitrogen and oxygen atoms in total. The fraction of sp³-hybridized carbons (Fsp3) is 0.433. The fourth-order valence-corrected chi connectivity index (χ4v) is 4.72. The van der Waals surface area contributed by atoms with E-state index in [9.17, 15) is 4.79 Å². The van der Waals surface area contributed by atoms with Crippen LogP contribution in [0.2, 0.25) is 0 Å². The van der Waals surface area contributed by atoms with Crippen LogP contribution in [0, 0.1) is 0 Å². The van der Waals surface area contributed by atoms with Crippen LogP contribution in [0.1, 0.15) is 54.4 Å². The zero-order chi connectivity index (χ0) is 24.3. The molecule has 0 spiro atoms. The maximum Gasteiger partial charge on any atom is 0.181 e. The molecule has 2 aromatic rings. The Kier molecular flexibility index (Phi) is 9.84.